The number of hydrogen-bond donors (Lipinski definition) is 1. The van der Waals surface area contributed by atoms with Gasteiger partial charge in [-0.1, -0.05) is 43.7 Å². The molecule has 1 aromatic rings. The minimum atomic E-state index is 0.782. The predicted molar refractivity (Wildman–Crippen MR) is 70.0 cm³/mol. The first-order chi connectivity index (χ1) is 7.84. The van der Waals surface area contributed by atoms with Gasteiger partial charge < -0.3 is 5.32 Å². The number of halogens is 1. The summed E-state index contributed by atoms with van der Waals surface area (Å²) in [5.41, 5.74) is 0. The molecule has 1 heterocycles. The monoisotopic (exact) mass is 258 g/mol. The lowest BCUT2D eigenvalue weighted by molar-refractivity contribution is 0.334. The van der Waals surface area contributed by atoms with Gasteiger partial charge in [-0.25, -0.2) is 4.98 Å². The maximum Gasteiger partial charge on any atom is 0.113 e. The minimum Gasteiger partial charge on any atom is -0.310 e. The molecule has 0 radical (unpaired) electrons. The average Bonchev–Trinajstić information content (AvgIpc) is 2.72. The molecule has 2 nitrogen and oxygen atoms in total. The summed E-state index contributed by atoms with van der Waals surface area (Å²) in [6.45, 7) is 1.98. The fraction of sp³-hybridized carbons (Fsp3) is 0.750. The van der Waals surface area contributed by atoms with Crippen LogP contribution in [0.3, 0.4) is 0 Å². The number of rotatable bonds is 5. The molecule has 0 spiro atoms. The highest BCUT2D eigenvalue weighted by molar-refractivity contribution is 7.15. The SMILES string of the molecule is Clc1cnc(CNCCC2CCCCC2)s1. The molecule has 0 amide bonds. The smallest absolute Gasteiger partial charge is 0.113 e. The Morgan fingerprint density at radius 2 is 2.19 bits per heavy atom. The fourth-order valence-electron chi connectivity index (χ4n) is 2.35. The highest BCUT2D eigenvalue weighted by atomic mass is 35.5. The van der Waals surface area contributed by atoms with Crippen LogP contribution in [0.5, 0.6) is 0 Å². The van der Waals surface area contributed by atoms with Gasteiger partial charge in [-0.15, -0.1) is 11.3 Å². The van der Waals surface area contributed by atoms with Crippen LogP contribution in [0.1, 0.15) is 43.5 Å². The molecule has 2 rings (SSSR count). The van der Waals surface area contributed by atoms with Gasteiger partial charge in [-0.2, -0.15) is 0 Å². The standard InChI is InChI=1S/C12H19ClN2S/c13-11-8-15-12(16-11)9-14-7-6-10-4-2-1-3-5-10/h8,10,14H,1-7,9H2. The van der Waals surface area contributed by atoms with Crippen molar-refractivity contribution in [3.8, 4) is 0 Å². The number of nitrogens with one attached hydrogen (secondary N) is 1. The first-order valence-electron chi connectivity index (χ1n) is 6.15. The van der Waals surface area contributed by atoms with Gasteiger partial charge in [0, 0.05) is 6.54 Å². The molecule has 0 bridgehead atoms. The second kappa shape index (κ2) is 6.58. The Hall–Kier alpha value is -0.120. The van der Waals surface area contributed by atoms with Crippen molar-refractivity contribution in [3.63, 3.8) is 0 Å². The molecular weight excluding hydrogens is 240 g/mol. The van der Waals surface area contributed by atoms with Crippen LogP contribution in [0.15, 0.2) is 6.20 Å². The molecule has 1 N–H and O–H groups in total. The molecule has 1 saturated carbocycles. The second-order valence-electron chi connectivity index (χ2n) is 4.53. The lowest BCUT2D eigenvalue weighted by Crippen LogP contribution is -2.18. The Balaban J connectivity index is 1.57. The molecule has 16 heavy (non-hydrogen) atoms. The van der Waals surface area contributed by atoms with Crippen LogP contribution < -0.4 is 5.32 Å². The molecule has 4 heteroatoms. The van der Waals surface area contributed by atoms with E-state index in [4.69, 9.17) is 11.6 Å². The lowest BCUT2D eigenvalue weighted by Gasteiger charge is -2.21. The molecule has 0 atom stereocenters. The Kier molecular flexibility index (Phi) is 5.07. The Labute approximate surface area is 106 Å². The van der Waals surface area contributed by atoms with Gasteiger partial charge in [0.25, 0.3) is 0 Å². The van der Waals surface area contributed by atoms with E-state index in [0.29, 0.717) is 0 Å². The zero-order valence-electron chi connectivity index (χ0n) is 9.54. The van der Waals surface area contributed by atoms with Crippen molar-refractivity contribution in [1.29, 1.82) is 0 Å². The van der Waals surface area contributed by atoms with Crippen LogP contribution in [0.25, 0.3) is 0 Å². The summed E-state index contributed by atoms with van der Waals surface area (Å²) < 4.78 is 0.782. The van der Waals surface area contributed by atoms with Crippen molar-refractivity contribution in [2.45, 2.75) is 45.1 Å². The molecule has 90 valence electrons. The largest absolute Gasteiger partial charge is 0.310 e. The van der Waals surface area contributed by atoms with Crippen LogP contribution in [0.4, 0.5) is 0 Å². The first-order valence-corrected chi connectivity index (χ1v) is 7.35. The van der Waals surface area contributed by atoms with Crippen molar-refractivity contribution < 1.29 is 0 Å². The zero-order chi connectivity index (χ0) is 11.2. The summed E-state index contributed by atoms with van der Waals surface area (Å²) >= 11 is 7.39. The van der Waals surface area contributed by atoms with Crippen LogP contribution in [-0.2, 0) is 6.54 Å². The van der Waals surface area contributed by atoms with Crippen LogP contribution in [-0.4, -0.2) is 11.5 Å². The minimum absolute atomic E-state index is 0.782. The zero-order valence-corrected chi connectivity index (χ0v) is 11.1. The van der Waals surface area contributed by atoms with E-state index in [0.717, 1.165) is 28.4 Å². The molecular formula is C12H19ClN2S. The van der Waals surface area contributed by atoms with E-state index in [1.807, 2.05) is 0 Å². The van der Waals surface area contributed by atoms with E-state index < -0.39 is 0 Å². The first kappa shape index (κ1) is 12.3. The second-order valence-corrected chi connectivity index (χ2v) is 6.27. The number of nitrogens with zero attached hydrogens (tertiary/aromatic N) is 1. The van der Waals surface area contributed by atoms with Crippen molar-refractivity contribution in [3.05, 3.63) is 15.5 Å². The third-order valence-corrected chi connectivity index (χ3v) is 4.37. The van der Waals surface area contributed by atoms with Crippen molar-refractivity contribution >= 4 is 22.9 Å². The fourth-order valence-corrected chi connectivity index (χ4v) is 3.27. The Bertz CT molecular complexity index is 308. The van der Waals surface area contributed by atoms with E-state index in [-0.39, 0.29) is 0 Å². The summed E-state index contributed by atoms with van der Waals surface area (Å²) in [5.74, 6) is 0.959. The summed E-state index contributed by atoms with van der Waals surface area (Å²) in [6, 6.07) is 0. The molecule has 0 unspecified atom stereocenters. The molecule has 1 fully saturated rings. The summed E-state index contributed by atoms with van der Waals surface area (Å²) in [4.78, 5) is 4.22. The average molecular weight is 259 g/mol. The summed E-state index contributed by atoms with van der Waals surface area (Å²) in [7, 11) is 0. The van der Waals surface area contributed by atoms with Crippen LogP contribution in [0.2, 0.25) is 4.34 Å². The molecule has 0 saturated heterocycles. The van der Waals surface area contributed by atoms with Gasteiger partial charge in [0.1, 0.15) is 9.34 Å². The molecule has 0 aromatic carbocycles. The van der Waals surface area contributed by atoms with Gasteiger partial charge in [0.15, 0.2) is 0 Å². The topological polar surface area (TPSA) is 24.9 Å². The van der Waals surface area contributed by atoms with Gasteiger partial charge in [0.05, 0.1) is 6.20 Å². The van der Waals surface area contributed by atoms with Gasteiger partial charge in [-0.05, 0) is 18.9 Å². The third kappa shape index (κ3) is 4.04. The number of aromatic nitrogens is 1. The van der Waals surface area contributed by atoms with Gasteiger partial charge in [0.2, 0.25) is 0 Å². The van der Waals surface area contributed by atoms with E-state index in [2.05, 4.69) is 10.3 Å². The number of hydrogen-bond acceptors (Lipinski definition) is 3. The maximum atomic E-state index is 5.82. The molecule has 1 aromatic heterocycles. The quantitative estimate of drug-likeness (QED) is 0.812. The van der Waals surface area contributed by atoms with E-state index in [1.54, 1.807) is 17.5 Å². The number of thiazole rings is 1. The molecule has 1 aliphatic rings. The summed E-state index contributed by atoms with van der Waals surface area (Å²) in [6.07, 6.45) is 10.2. The normalized spacial score (nSPS) is 17.8. The van der Waals surface area contributed by atoms with E-state index in [1.165, 1.54) is 38.5 Å². The van der Waals surface area contributed by atoms with Crippen molar-refractivity contribution in [2.24, 2.45) is 5.92 Å². The summed E-state index contributed by atoms with van der Waals surface area (Å²) in [5, 5.41) is 4.54. The molecule has 0 aliphatic heterocycles. The third-order valence-electron chi connectivity index (χ3n) is 3.26. The van der Waals surface area contributed by atoms with Gasteiger partial charge in [-0.3, -0.25) is 0 Å². The van der Waals surface area contributed by atoms with E-state index >= 15 is 0 Å². The highest BCUT2D eigenvalue weighted by Crippen LogP contribution is 2.25. The predicted octanol–water partition coefficient (Wildman–Crippen LogP) is 3.86. The molecule has 1 aliphatic carbocycles. The maximum absolute atomic E-state index is 5.82. The van der Waals surface area contributed by atoms with E-state index in [9.17, 15) is 0 Å². The van der Waals surface area contributed by atoms with Crippen LogP contribution in [0, 0.1) is 5.92 Å². The van der Waals surface area contributed by atoms with Gasteiger partial charge >= 0.3 is 0 Å². The van der Waals surface area contributed by atoms with Crippen molar-refractivity contribution in [1.82, 2.24) is 10.3 Å². The van der Waals surface area contributed by atoms with Crippen LogP contribution >= 0.6 is 22.9 Å². The highest BCUT2D eigenvalue weighted by Gasteiger charge is 2.12. The van der Waals surface area contributed by atoms with Crippen molar-refractivity contribution in [2.75, 3.05) is 6.54 Å². The Morgan fingerprint density at radius 3 is 2.88 bits per heavy atom. The lowest BCUT2D eigenvalue weighted by atomic mass is 9.87. The Morgan fingerprint density at radius 1 is 1.38 bits per heavy atom.